The number of allylic oxidation sites excluding steroid dienone is 1. The van der Waals surface area contributed by atoms with Gasteiger partial charge in [0.25, 0.3) is 0 Å². The van der Waals surface area contributed by atoms with Crippen molar-refractivity contribution in [1.29, 1.82) is 0 Å². The van der Waals surface area contributed by atoms with Gasteiger partial charge in [-0.25, -0.2) is 4.39 Å². The van der Waals surface area contributed by atoms with E-state index in [-0.39, 0.29) is 0 Å². The van der Waals surface area contributed by atoms with Crippen LogP contribution in [0.4, 0.5) is 30.7 Å². The van der Waals surface area contributed by atoms with Crippen molar-refractivity contribution in [2.24, 2.45) is 0 Å². The molecule has 1 atom stereocenters. The number of rotatable bonds is 4. The molecule has 0 aromatic heterocycles. The molecule has 0 bridgehead atoms. The molecule has 0 spiro atoms. The molecule has 1 unspecified atom stereocenters. The molecule has 0 N–H and O–H groups in total. The SMILES string of the molecule is FC(C(F)(F)Cl)C(F)(F)C(F)(F)C=C(Cl)Cl. The summed E-state index contributed by atoms with van der Waals surface area (Å²) in [4.78, 5) is 0. The minimum Gasteiger partial charge on any atom is -0.232 e. The molecular formula is C6H2Cl3F7. The predicted molar refractivity (Wildman–Crippen MR) is 45.4 cm³/mol. The highest BCUT2D eigenvalue weighted by atomic mass is 35.5. The summed E-state index contributed by atoms with van der Waals surface area (Å²) >= 11 is 13.2. The Labute approximate surface area is 99.9 Å². The Morgan fingerprint density at radius 1 is 1.00 bits per heavy atom. The zero-order valence-corrected chi connectivity index (χ0v) is 9.20. The molecule has 0 amide bonds. The molecule has 0 nitrogen and oxygen atoms in total. The van der Waals surface area contributed by atoms with Crippen LogP contribution in [0.15, 0.2) is 10.6 Å². The quantitative estimate of drug-likeness (QED) is 0.519. The van der Waals surface area contributed by atoms with Crippen LogP contribution in [0, 0.1) is 0 Å². The fraction of sp³-hybridized carbons (Fsp3) is 0.667. The van der Waals surface area contributed by atoms with Crippen LogP contribution in [0.5, 0.6) is 0 Å². The van der Waals surface area contributed by atoms with Crippen molar-refractivity contribution in [3.05, 3.63) is 10.6 Å². The smallest absolute Gasteiger partial charge is 0.232 e. The standard InChI is InChI=1S/C6H2Cl3F7/c7-2(8)1-4(11,12)5(13,14)3(10)6(9,15)16/h1,3H. The Kier molecular flexibility index (Phi) is 4.81. The van der Waals surface area contributed by atoms with E-state index in [4.69, 9.17) is 0 Å². The summed E-state index contributed by atoms with van der Waals surface area (Å²) in [5.41, 5.74) is 0. The molecule has 10 heteroatoms. The molecule has 0 aliphatic heterocycles. The van der Waals surface area contributed by atoms with Gasteiger partial charge in [-0.1, -0.05) is 23.2 Å². The number of alkyl halides is 8. The Bertz CT molecular complexity index is 278. The largest absolute Gasteiger partial charge is 0.358 e. The summed E-state index contributed by atoms with van der Waals surface area (Å²) in [7, 11) is 0. The molecule has 0 radical (unpaired) electrons. The zero-order chi connectivity index (χ0) is 13.4. The van der Waals surface area contributed by atoms with Crippen molar-refractivity contribution in [2.45, 2.75) is 23.4 Å². The lowest BCUT2D eigenvalue weighted by Gasteiger charge is -2.28. The van der Waals surface area contributed by atoms with E-state index in [2.05, 4.69) is 34.8 Å². The van der Waals surface area contributed by atoms with E-state index in [9.17, 15) is 30.7 Å². The first-order valence-electron chi connectivity index (χ1n) is 3.32. The van der Waals surface area contributed by atoms with Crippen molar-refractivity contribution < 1.29 is 30.7 Å². The van der Waals surface area contributed by atoms with Crippen LogP contribution in [-0.4, -0.2) is 23.4 Å². The van der Waals surface area contributed by atoms with Crippen LogP contribution < -0.4 is 0 Å². The van der Waals surface area contributed by atoms with Gasteiger partial charge in [-0.15, -0.1) is 0 Å². The lowest BCUT2D eigenvalue weighted by molar-refractivity contribution is -0.242. The van der Waals surface area contributed by atoms with Gasteiger partial charge in [-0.05, 0) is 11.6 Å². The lowest BCUT2D eigenvalue weighted by atomic mass is 10.1. The third-order valence-corrected chi connectivity index (χ3v) is 1.75. The summed E-state index contributed by atoms with van der Waals surface area (Å²) in [5.74, 6) is -11.1. The van der Waals surface area contributed by atoms with Gasteiger partial charge in [-0.2, -0.15) is 26.3 Å². The first-order valence-corrected chi connectivity index (χ1v) is 4.46. The minimum atomic E-state index is -5.76. The van der Waals surface area contributed by atoms with Crippen LogP contribution >= 0.6 is 34.8 Å². The monoisotopic (exact) mass is 312 g/mol. The summed E-state index contributed by atoms with van der Waals surface area (Å²) in [6, 6.07) is 0. The van der Waals surface area contributed by atoms with Crippen molar-refractivity contribution in [3.63, 3.8) is 0 Å². The highest BCUT2D eigenvalue weighted by molar-refractivity contribution is 6.55. The number of hydrogen-bond acceptors (Lipinski definition) is 0. The molecule has 0 aliphatic rings. The van der Waals surface area contributed by atoms with E-state index in [0.717, 1.165) is 0 Å². The fourth-order valence-electron chi connectivity index (χ4n) is 0.608. The highest BCUT2D eigenvalue weighted by Gasteiger charge is 2.67. The third-order valence-electron chi connectivity index (χ3n) is 1.34. The topological polar surface area (TPSA) is 0 Å². The molecule has 16 heavy (non-hydrogen) atoms. The van der Waals surface area contributed by atoms with Crippen molar-refractivity contribution in [2.75, 3.05) is 0 Å². The first kappa shape index (κ1) is 16.1. The predicted octanol–water partition coefficient (Wildman–Crippen LogP) is 4.75. The van der Waals surface area contributed by atoms with Gasteiger partial charge in [0.1, 0.15) is 4.49 Å². The van der Waals surface area contributed by atoms with Gasteiger partial charge < -0.3 is 0 Å². The maximum absolute atomic E-state index is 12.6. The third kappa shape index (κ3) is 3.56. The normalized spacial score (nSPS) is 15.9. The van der Waals surface area contributed by atoms with E-state index in [1.54, 1.807) is 0 Å². The average Bonchev–Trinajstić information content (AvgIpc) is 1.98. The molecule has 0 aromatic carbocycles. The van der Waals surface area contributed by atoms with E-state index in [1.807, 2.05) is 0 Å². The molecule has 0 saturated carbocycles. The lowest BCUT2D eigenvalue weighted by Crippen LogP contribution is -2.52. The van der Waals surface area contributed by atoms with Gasteiger partial charge in [0, 0.05) is 6.08 Å². The Balaban J connectivity index is 5.27. The molecular weight excluding hydrogens is 311 g/mol. The van der Waals surface area contributed by atoms with E-state index < -0.39 is 34.0 Å². The zero-order valence-electron chi connectivity index (χ0n) is 6.93. The van der Waals surface area contributed by atoms with Gasteiger partial charge in [-0.3, -0.25) is 0 Å². The summed E-state index contributed by atoms with van der Waals surface area (Å²) in [6.07, 6.45) is -5.36. The van der Waals surface area contributed by atoms with Gasteiger partial charge >= 0.3 is 17.2 Å². The first-order chi connectivity index (χ1) is 6.82. The fourth-order valence-corrected chi connectivity index (χ4v) is 1.02. The second-order valence-electron chi connectivity index (χ2n) is 2.58. The summed E-state index contributed by atoms with van der Waals surface area (Å²) in [5, 5.41) is -5.15. The Morgan fingerprint density at radius 2 is 1.38 bits per heavy atom. The molecule has 0 fully saturated rings. The molecule has 0 rings (SSSR count). The molecule has 0 heterocycles. The summed E-state index contributed by atoms with van der Waals surface area (Å²) < 4.78 is 85.4. The summed E-state index contributed by atoms with van der Waals surface area (Å²) in [6.45, 7) is 0. The van der Waals surface area contributed by atoms with Crippen molar-refractivity contribution in [1.82, 2.24) is 0 Å². The average molecular weight is 313 g/mol. The Morgan fingerprint density at radius 3 is 1.62 bits per heavy atom. The van der Waals surface area contributed by atoms with Crippen LogP contribution in [0.3, 0.4) is 0 Å². The van der Waals surface area contributed by atoms with E-state index in [1.165, 1.54) is 0 Å². The Hall–Kier alpha value is 0.120. The van der Waals surface area contributed by atoms with Gasteiger partial charge in [0.2, 0.25) is 6.17 Å². The van der Waals surface area contributed by atoms with Crippen LogP contribution in [0.1, 0.15) is 0 Å². The van der Waals surface area contributed by atoms with E-state index >= 15 is 0 Å². The van der Waals surface area contributed by atoms with Crippen molar-refractivity contribution in [3.8, 4) is 0 Å². The minimum absolute atomic E-state index is 0.759. The van der Waals surface area contributed by atoms with Gasteiger partial charge in [0.05, 0.1) is 0 Å². The maximum atomic E-state index is 12.6. The second-order valence-corrected chi connectivity index (χ2v) is 4.10. The maximum Gasteiger partial charge on any atom is 0.358 e. The molecule has 0 aliphatic carbocycles. The highest BCUT2D eigenvalue weighted by Crippen LogP contribution is 2.46. The van der Waals surface area contributed by atoms with Crippen molar-refractivity contribution >= 4 is 34.8 Å². The van der Waals surface area contributed by atoms with Crippen LogP contribution in [0.25, 0.3) is 0 Å². The van der Waals surface area contributed by atoms with Crippen LogP contribution in [0.2, 0.25) is 0 Å². The van der Waals surface area contributed by atoms with Gasteiger partial charge in [0.15, 0.2) is 0 Å². The molecule has 0 saturated heterocycles. The van der Waals surface area contributed by atoms with E-state index in [0.29, 0.717) is 0 Å². The number of hydrogen-bond donors (Lipinski definition) is 0. The molecule has 96 valence electrons. The molecule has 0 aromatic rings. The van der Waals surface area contributed by atoms with Crippen LogP contribution in [-0.2, 0) is 0 Å². The number of halogens is 10. The second kappa shape index (κ2) is 4.78.